The van der Waals surface area contributed by atoms with Gasteiger partial charge in [-0.3, -0.25) is 9.78 Å². The summed E-state index contributed by atoms with van der Waals surface area (Å²) < 4.78 is 0. The van der Waals surface area contributed by atoms with Crippen LogP contribution in [0.25, 0.3) is 17.2 Å². The number of ketones is 1. The van der Waals surface area contributed by atoms with Crippen LogP contribution in [0, 0.1) is 6.92 Å². The number of aryl methyl sites for hydroxylation is 1. The molecule has 0 aliphatic heterocycles. The molecular weight excluding hydrogens is 308 g/mol. The van der Waals surface area contributed by atoms with Crippen LogP contribution in [-0.4, -0.2) is 23.9 Å². The van der Waals surface area contributed by atoms with Gasteiger partial charge in [0.2, 0.25) is 0 Å². The highest BCUT2D eigenvalue weighted by Gasteiger charge is 2.12. The maximum absolute atomic E-state index is 11.5. The van der Waals surface area contributed by atoms with Gasteiger partial charge in [0.05, 0.1) is 6.04 Å². The summed E-state index contributed by atoms with van der Waals surface area (Å²) in [6.07, 6.45) is 6.71. The quantitative estimate of drug-likeness (QED) is 0.820. The van der Waals surface area contributed by atoms with Crippen molar-refractivity contribution >= 4 is 11.9 Å². The van der Waals surface area contributed by atoms with Crippen molar-refractivity contribution in [1.29, 1.82) is 0 Å². The van der Waals surface area contributed by atoms with Crippen molar-refractivity contribution in [3.05, 3.63) is 59.4 Å². The molecule has 0 aliphatic rings. The third-order valence-electron chi connectivity index (χ3n) is 4.04. The minimum absolute atomic E-state index is 0.122. The minimum Gasteiger partial charge on any atom is -0.310 e. The lowest BCUT2D eigenvalue weighted by atomic mass is 9.99. The average molecular weight is 338 g/mol. The van der Waals surface area contributed by atoms with Crippen molar-refractivity contribution < 1.29 is 4.79 Å². The number of hydrogen-bond acceptors (Lipinski definition) is 3. The van der Waals surface area contributed by atoms with Gasteiger partial charge in [0.1, 0.15) is 5.78 Å². The second kappa shape index (κ2) is 10.6. The molecule has 134 valence electrons. The van der Waals surface area contributed by atoms with Crippen molar-refractivity contribution in [3.63, 3.8) is 0 Å². The predicted molar refractivity (Wildman–Crippen MR) is 108 cm³/mol. The molecule has 0 fully saturated rings. The van der Waals surface area contributed by atoms with E-state index in [0.717, 1.165) is 27.9 Å². The van der Waals surface area contributed by atoms with Gasteiger partial charge in [-0.2, -0.15) is 0 Å². The molecule has 1 unspecified atom stereocenters. The predicted octanol–water partition coefficient (Wildman–Crippen LogP) is 4.84. The van der Waals surface area contributed by atoms with Gasteiger partial charge in [0, 0.05) is 17.5 Å². The highest BCUT2D eigenvalue weighted by atomic mass is 16.1. The zero-order chi connectivity index (χ0) is 18.8. The Kier molecular flexibility index (Phi) is 8.79. The Morgan fingerprint density at radius 3 is 2.36 bits per heavy atom. The Balaban J connectivity index is 0.00000151. The van der Waals surface area contributed by atoms with Crippen molar-refractivity contribution in [2.24, 2.45) is 0 Å². The van der Waals surface area contributed by atoms with Crippen molar-refractivity contribution in [2.45, 2.75) is 47.1 Å². The number of pyridine rings is 1. The molecule has 0 bridgehead atoms. The molecule has 1 atom stereocenters. The average Bonchev–Trinajstić information content (AvgIpc) is 2.63. The first-order valence-corrected chi connectivity index (χ1v) is 8.91. The number of hydrogen-bond donors (Lipinski definition) is 1. The molecule has 0 spiro atoms. The normalized spacial score (nSPS) is 11.8. The third-order valence-corrected chi connectivity index (χ3v) is 4.04. The van der Waals surface area contributed by atoms with Gasteiger partial charge in [0.25, 0.3) is 0 Å². The SMILES string of the molecule is C/C=C\c1cc(-c2ccc(CC(NC)C(C)=O)cc2)cnc1C.CC. The Morgan fingerprint density at radius 1 is 1.20 bits per heavy atom. The van der Waals surface area contributed by atoms with E-state index in [2.05, 4.69) is 46.7 Å². The van der Waals surface area contributed by atoms with Crippen LogP contribution in [0.2, 0.25) is 0 Å². The summed E-state index contributed by atoms with van der Waals surface area (Å²) in [6, 6.07) is 10.4. The maximum atomic E-state index is 11.5. The lowest BCUT2D eigenvalue weighted by molar-refractivity contribution is -0.118. The Hall–Kier alpha value is -2.26. The van der Waals surface area contributed by atoms with Crippen LogP contribution in [0.4, 0.5) is 0 Å². The van der Waals surface area contributed by atoms with Gasteiger partial charge in [-0.25, -0.2) is 0 Å². The van der Waals surface area contributed by atoms with E-state index >= 15 is 0 Å². The maximum Gasteiger partial charge on any atom is 0.147 e. The first-order chi connectivity index (χ1) is 12.0. The van der Waals surface area contributed by atoms with Gasteiger partial charge >= 0.3 is 0 Å². The van der Waals surface area contributed by atoms with Crippen LogP contribution in [0.1, 0.15) is 44.5 Å². The molecule has 0 radical (unpaired) electrons. The summed E-state index contributed by atoms with van der Waals surface area (Å²) in [7, 11) is 1.82. The van der Waals surface area contributed by atoms with E-state index in [1.165, 1.54) is 0 Å². The molecular formula is C22H30N2O. The van der Waals surface area contributed by atoms with E-state index in [0.29, 0.717) is 6.42 Å². The van der Waals surface area contributed by atoms with Crippen LogP contribution < -0.4 is 5.32 Å². The smallest absolute Gasteiger partial charge is 0.147 e. The van der Waals surface area contributed by atoms with Crippen LogP contribution in [0.15, 0.2) is 42.6 Å². The fraction of sp³-hybridized carbons (Fsp3) is 0.364. The zero-order valence-corrected chi connectivity index (χ0v) is 16.3. The van der Waals surface area contributed by atoms with Gasteiger partial charge in [-0.05, 0) is 57.0 Å². The molecule has 0 saturated heterocycles. The number of carbonyl (C=O) groups is 1. The van der Waals surface area contributed by atoms with Crippen LogP contribution in [0.3, 0.4) is 0 Å². The molecule has 0 aliphatic carbocycles. The first kappa shape index (κ1) is 20.8. The largest absolute Gasteiger partial charge is 0.310 e. The number of Topliss-reactive ketones (excluding diaryl/α,β-unsaturated/α-hetero) is 1. The fourth-order valence-electron chi connectivity index (χ4n) is 2.57. The summed E-state index contributed by atoms with van der Waals surface area (Å²) >= 11 is 0. The van der Waals surface area contributed by atoms with E-state index in [-0.39, 0.29) is 11.8 Å². The van der Waals surface area contributed by atoms with Gasteiger partial charge < -0.3 is 5.32 Å². The first-order valence-electron chi connectivity index (χ1n) is 8.91. The topological polar surface area (TPSA) is 42.0 Å². The Labute approximate surface area is 152 Å². The van der Waals surface area contributed by atoms with Crippen molar-refractivity contribution in [1.82, 2.24) is 10.3 Å². The molecule has 1 N–H and O–H groups in total. The third kappa shape index (κ3) is 5.95. The highest BCUT2D eigenvalue weighted by molar-refractivity contribution is 5.81. The number of benzene rings is 1. The molecule has 0 saturated carbocycles. The second-order valence-corrected chi connectivity index (χ2v) is 5.75. The molecule has 2 aromatic rings. The van der Waals surface area contributed by atoms with Crippen molar-refractivity contribution in [2.75, 3.05) is 7.05 Å². The molecule has 1 aromatic heterocycles. The lowest BCUT2D eigenvalue weighted by Crippen LogP contribution is -2.34. The number of nitrogens with zero attached hydrogens (tertiary/aromatic N) is 1. The van der Waals surface area contributed by atoms with Crippen LogP contribution in [0.5, 0.6) is 0 Å². The van der Waals surface area contributed by atoms with Gasteiger partial charge in [-0.1, -0.05) is 50.3 Å². The number of carbonyl (C=O) groups excluding carboxylic acids is 1. The van der Waals surface area contributed by atoms with E-state index in [1.54, 1.807) is 6.92 Å². The molecule has 0 amide bonds. The Morgan fingerprint density at radius 2 is 1.84 bits per heavy atom. The number of nitrogens with one attached hydrogen (secondary N) is 1. The summed E-state index contributed by atoms with van der Waals surface area (Å²) in [6.45, 7) is 9.65. The highest BCUT2D eigenvalue weighted by Crippen LogP contribution is 2.22. The van der Waals surface area contributed by atoms with Crippen LogP contribution >= 0.6 is 0 Å². The minimum atomic E-state index is -0.122. The molecule has 25 heavy (non-hydrogen) atoms. The van der Waals surface area contributed by atoms with E-state index < -0.39 is 0 Å². The number of rotatable bonds is 6. The second-order valence-electron chi connectivity index (χ2n) is 5.75. The van der Waals surface area contributed by atoms with E-state index in [4.69, 9.17) is 0 Å². The molecule has 1 heterocycles. The lowest BCUT2D eigenvalue weighted by Gasteiger charge is -2.13. The van der Waals surface area contributed by atoms with Gasteiger partial charge in [0.15, 0.2) is 0 Å². The summed E-state index contributed by atoms with van der Waals surface area (Å²) in [4.78, 5) is 16.0. The molecule has 3 heteroatoms. The molecule has 1 aromatic carbocycles. The number of aromatic nitrogens is 1. The standard InChI is InChI=1S/C20H24N2O.C2H6/c1-5-6-18-12-19(13-22-14(18)2)17-9-7-16(8-10-17)11-20(21-4)15(3)23;1-2/h5-10,12-13,20-21H,11H2,1-4H3;1-2H3/b6-5-;. The summed E-state index contributed by atoms with van der Waals surface area (Å²) in [5.74, 6) is 0.162. The van der Waals surface area contributed by atoms with E-state index in [9.17, 15) is 4.79 Å². The number of allylic oxidation sites excluding steroid dienone is 1. The molecule has 3 nitrogen and oxygen atoms in total. The fourth-order valence-corrected chi connectivity index (χ4v) is 2.57. The monoisotopic (exact) mass is 338 g/mol. The van der Waals surface area contributed by atoms with Crippen LogP contribution in [-0.2, 0) is 11.2 Å². The Bertz CT molecular complexity index is 702. The van der Waals surface area contributed by atoms with Crippen molar-refractivity contribution in [3.8, 4) is 11.1 Å². The van der Waals surface area contributed by atoms with E-state index in [1.807, 2.05) is 47.0 Å². The molecule has 2 rings (SSSR count). The summed E-state index contributed by atoms with van der Waals surface area (Å²) in [5, 5.41) is 3.06. The number of likely N-dealkylation sites (N-methyl/N-ethyl adjacent to an activating group) is 1. The van der Waals surface area contributed by atoms with Gasteiger partial charge in [-0.15, -0.1) is 0 Å². The zero-order valence-electron chi connectivity index (χ0n) is 16.3. The summed E-state index contributed by atoms with van der Waals surface area (Å²) in [5.41, 5.74) is 5.56.